The molecule has 1 aromatic carbocycles. The topological polar surface area (TPSA) is 68.8 Å². The normalized spacial score (nSPS) is 18.9. The van der Waals surface area contributed by atoms with Gasteiger partial charge < -0.3 is 19.7 Å². The van der Waals surface area contributed by atoms with E-state index in [1.807, 2.05) is 30.3 Å². The van der Waals surface area contributed by atoms with E-state index in [2.05, 4.69) is 9.88 Å². The van der Waals surface area contributed by atoms with Gasteiger partial charge in [0.05, 0.1) is 24.9 Å². The Morgan fingerprint density at radius 2 is 2.04 bits per heavy atom. The molecular weight excluding hydrogens is 318 g/mol. The molecule has 2 aromatic rings. The van der Waals surface area contributed by atoms with E-state index in [1.165, 1.54) is 0 Å². The van der Waals surface area contributed by atoms with Crippen LogP contribution in [0.2, 0.25) is 0 Å². The van der Waals surface area contributed by atoms with E-state index in [0.29, 0.717) is 38.4 Å². The van der Waals surface area contributed by atoms with Crippen LogP contribution in [0.25, 0.3) is 0 Å². The van der Waals surface area contributed by atoms with Gasteiger partial charge in [-0.2, -0.15) is 0 Å². The van der Waals surface area contributed by atoms with Crippen molar-refractivity contribution in [3.63, 3.8) is 0 Å². The number of aromatic amines is 1. The molecule has 0 spiro atoms. The van der Waals surface area contributed by atoms with Crippen LogP contribution in [0, 0.1) is 0 Å². The Morgan fingerprint density at radius 1 is 1.20 bits per heavy atom. The number of rotatable bonds is 6. The van der Waals surface area contributed by atoms with Gasteiger partial charge in [0.15, 0.2) is 0 Å². The molecule has 0 bridgehead atoms. The average molecular weight is 343 g/mol. The number of hydrogen-bond donors (Lipinski definition) is 2. The van der Waals surface area contributed by atoms with Crippen LogP contribution < -0.4 is 0 Å². The van der Waals surface area contributed by atoms with Gasteiger partial charge in [-0.05, 0) is 11.6 Å². The van der Waals surface area contributed by atoms with Gasteiger partial charge in [0.25, 0.3) is 5.91 Å². The van der Waals surface area contributed by atoms with Gasteiger partial charge in [-0.15, -0.1) is 0 Å². The van der Waals surface area contributed by atoms with Crippen LogP contribution in [0.5, 0.6) is 0 Å². The number of nitrogens with one attached hydrogen (secondary N) is 1. The number of carbonyl (C=O) groups excluding carboxylic acids is 1. The van der Waals surface area contributed by atoms with Crippen LogP contribution in [0.3, 0.4) is 0 Å². The summed E-state index contributed by atoms with van der Waals surface area (Å²) in [5, 5.41) is 10.2. The largest absolute Gasteiger partial charge is 0.390 e. The minimum absolute atomic E-state index is 0.0394. The molecule has 1 aliphatic rings. The monoisotopic (exact) mass is 343 g/mol. The first-order valence-corrected chi connectivity index (χ1v) is 8.66. The van der Waals surface area contributed by atoms with Crippen molar-refractivity contribution in [2.45, 2.75) is 12.7 Å². The fourth-order valence-corrected chi connectivity index (χ4v) is 3.04. The number of ether oxygens (including phenoxy) is 1. The molecule has 1 saturated heterocycles. The minimum Gasteiger partial charge on any atom is -0.390 e. The predicted molar refractivity (Wildman–Crippen MR) is 95.2 cm³/mol. The number of aliphatic hydroxyl groups excluding tert-OH is 1. The fourth-order valence-electron chi connectivity index (χ4n) is 3.04. The highest BCUT2D eigenvalue weighted by atomic mass is 16.5. The highest BCUT2D eigenvalue weighted by Gasteiger charge is 2.25. The van der Waals surface area contributed by atoms with Gasteiger partial charge in [0, 0.05) is 45.1 Å². The summed E-state index contributed by atoms with van der Waals surface area (Å²) in [6.07, 6.45) is 2.88. The quantitative estimate of drug-likeness (QED) is 0.777. The second kappa shape index (κ2) is 8.80. The maximum Gasteiger partial charge on any atom is 0.255 e. The van der Waals surface area contributed by atoms with Gasteiger partial charge in [-0.1, -0.05) is 30.3 Å². The van der Waals surface area contributed by atoms with Crippen LogP contribution in [-0.2, 0) is 11.3 Å². The van der Waals surface area contributed by atoms with Crippen molar-refractivity contribution < 1.29 is 14.6 Å². The van der Waals surface area contributed by atoms with E-state index in [-0.39, 0.29) is 5.91 Å². The molecule has 3 rings (SSSR count). The smallest absolute Gasteiger partial charge is 0.255 e. The number of carbonyl (C=O) groups is 1. The third kappa shape index (κ3) is 5.16. The van der Waals surface area contributed by atoms with E-state index in [9.17, 15) is 9.90 Å². The number of nitrogens with zero attached hydrogens (tertiary/aromatic N) is 2. The molecule has 2 heterocycles. The number of hydrogen-bond acceptors (Lipinski definition) is 4. The maximum atomic E-state index is 12.4. The molecule has 0 saturated carbocycles. The molecule has 1 atom stereocenters. The molecule has 1 aromatic heterocycles. The second-order valence-corrected chi connectivity index (χ2v) is 6.34. The number of H-pyrrole nitrogens is 1. The number of aromatic nitrogens is 1. The lowest BCUT2D eigenvalue weighted by Crippen LogP contribution is -2.37. The van der Waals surface area contributed by atoms with Crippen molar-refractivity contribution >= 4 is 5.91 Å². The molecule has 6 heteroatoms. The summed E-state index contributed by atoms with van der Waals surface area (Å²) in [5.41, 5.74) is 1.79. The zero-order valence-corrected chi connectivity index (χ0v) is 14.3. The SMILES string of the molecule is O=C(c1cc[nH]c1)N1CCN(CCOCc2ccccc2)C[C@H](O)C1. The molecule has 25 heavy (non-hydrogen) atoms. The first-order chi connectivity index (χ1) is 12.2. The van der Waals surface area contributed by atoms with Crippen LogP contribution in [-0.4, -0.2) is 71.2 Å². The summed E-state index contributed by atoms with van der Waals surface area (Å²) in [6.45, 7) is 4.22. The van der Waals surface area contributed by atoms with Crippen molar-refractivity contribution in [1.29, 1.82) is 0 Å². The van der Waals surface area contributed by atoms with Crippen molar-refractivity contribution in [3.05, 3.63) is 59.9 Å². The maximum absolute atomic E-state index is 12.4. The van der Waals surface area contributed by atoms with Crippen molar-refractivity contribution in [1.82, 2.24) is 14.8 Å². The Balaban J connectivity index is 1.44. The summed E-state index contributed by atoms with van der Waals surface area (Å²) >= 11 is 0. The minimum atomic E-state index is -0.542. The van der Waals surface area contributed by atoms with E-state index in [1.54, 1.807) is 23.4 Å². The van der Waals surface area contributed by atoms with Gasteiger partial charge in [0.2, 0.25) is 0 Å². The molecule has 0 aliphatic carbocycles. The van der Waals surface area contributed by atoms with Gasteiger partial charge in [0.1, 0.15) is 0 Å². The lowest BCUT2D eigenvalue weighted by molar-refractivity contribution is 0.0637. The molecule has 1 fully saturated rings. The third-order valence-electron chi connectivity index (χ3n) is 4.38. The molecule has 1 amide bonds. The zero-order chi connectivity index (χ0) is 17.5. The fraction of sp³-hybridized carbons (Fsp3) is 0.421. The number of benzene rings is 1. The molecular formula is C19H25N3O3. The summed E-state index contributed by atoms with van der Waals surface area (Å²) < 4.78 is 5.72. The number of β-amino-alcohol motifs (C(OH)–C–C–N with tert-alkyl or cyclic N) is 1. The van der Waals surface area contributed by atoms with Crippen LogP contribution >= 0.6 is 0 Å². The van der Waals surface area contributed by atoms with Crippen molar-refractivity contribution in [2.75, 3.05) is 39.3 Å². The Hall–Kier alpha value is -2.15. The van der Waals surface area contributed by atoms with E-state index >= 15 is 0 Å². The lowest BCUT2D eigenvalue weighted by Gasteiger charge is -2.21. The van der Waals surface area contributed by atoms with Crippen molar-refractivity contribution in [2.24, 2.45) is 0 Å². The predicted octanol–water partition coefficient (Wildman–Crippen LogP) is 1.35. The Morgan fingerprint density at radius 3 is 2.80 bits per heavy atom. The Kier molecular flexibility index (Phi) is 6.22. The van der Waals surface area contributed by atoms with E-state index < -0.39 is 6.10 Å². The Labute approximate surface area is 148 Å². The molecule has 1 aliphatic heterocycles. The summed E-state index contributed by atoms with van der Waals surface area (Å²) in [6, 6.07) is 11.8. The summed E-state index contributed by atoms with van der Waals surface area (Å²) in [4.78, 5) is 19.2. The first kappa shape index (κ1) is 17.7. The number of amides is 1. The standard InChI is InChI=1S/C19H25N3O3/c23-18-13-21(10-11-25-15-16-4-2-1-3-5-16)8-9-22(14-18)19(24)17-6-7-20-12-17/h1-7,12,18,20,23H,8-11,13-15H2/t18-/m0/s1. The molecule has 0 unspecified atom stereocenters. The van der Waals surface area contributed by atoms with Gasteiger partial charge in [-0.25, -0.2) is 0 Å². The zero-order valence-electron chi connectivity index (χ0n) is 14.3. The van der Waals surface area contributed by atoms with Gasteiger partial charge in [-0.3, -0.25) is 9.69 Å². The molecule has 6 nitrogen and oxygen atoms in total. The third-order valence-corrected chi connectivity index (χ3v) is 4.38. The van der Waals surface area contributed by atoms with Crippen LogP contribution in [0.1, 0.15) is 15.9 Å². The Bertz CT molecular complexity index is 645. The highest BCUT2D eigenvalue weighted by Crippen LogP contribution is 2.09. The van der Waals surface area contributed by atoms with Crippen LogP contribution in [0.15, 0.2) is 48.8 Å². The van der Waals surface area contributed by atoms with Crippen LogP contribution in [0.4, 0.5) is 0 Å². The molecule has 134 valence electrons. The molecule has 2 N–H and O–H groups in total. The van der Waals surface area contributed by atoms with E-state index in [0.717, 1.165) is 18.7 Å². The average Bonchev–Trinajstić information content (AvgIpc) is 3.10. The summed E-state index contributed by atoms with van der Waals surface area (Å²) in [7, 11) is 0. The first-order valence-electron chi connectivity index (χ1n) is 8.66. The second-order valence-electron chi connectivity index (χ2n) is 6.34. The lowest BCUT2D eigenvalue weighted by atomic mass is 10.2. The number of aliphatic hydroxyl groups is 1. The summed E-state index contributed by atoms with van der Waals surface area (Å²) in [5.74, 6) is -0.0394. The highest BCUT2D eigenvalue weighted by molar-refractivity contribution is 5.94. The van der Waals surface area contributed by atoms with Crippen molar-refractivity contribution in [3.8, 4) is 0 Å². The molecule has 0 radical (unpaired) electrons. The van der Waals surface area contributed by atoms with E-state index in [4.69, 9.17) is 4.74 Å². The van der Waals surface area contributed by atoms with Gasteiger partial charge >= 0.3 is 0 Å².